The van der Waals surface area contributed by atoms with Crippen LogP contribution in [0.3, 0.4) is 0 Å². The van der Waals surface area contributed by atoms with E-state index in [1.807, 2.05) is 34.5 Å². The van der Waals surface area contributed by atoms with Crippen LogP contribution in [0.15, 0.2) is 65.1 Å². The molecule has 0 spiro atoms. The molecule has 1 aromatic heterocycles. The normalized spacial score (nSPS) is 17.0. The first-order chi connectivity index (χ1) is 15.7. The van der Waals surface area contributed by atoms with Crippen molar-refractivity contribution in [3.63, 3.8) is 0 Å². The minimum atomic E-state index is -0.330. The topological polar surface area (TPSA) is 57.2 Å². The molecule has 6 nitrogen and oxygen atoms in total. The number of carbonyl (C=O) groups is 1. The van der Waals surface area contributed by atoms with Crippen molar-refractivity contribution >= 4 is 39.9 Å². The van der Waals surface area contributed by atoms with E-state index in [0.29, 0.717) is 6.54 Å². The number of benzene rings is 2. The first-order valence-corrected chi connectivity index (χ1v) is 12.4. The Kier molecular flexibility index (Phi) is 5.80. The number of hydrazone groups is 1. The van der Waals surface area contributed by atoms with Crippen molar-refractivity contribution in [2.75, 3.05) is 12.0 Å². The summed E-state index contributed by atoms with van der Waals surface area (Å²) in [5, 5.41) is 7.44. The Morgan fingerprint density at radius 1 is 1.12 bits per heavy atom. The second kappa shape index (κ2) is 8.88. The fourth-order valence-electron chi connectivity index (χ4n) is 3.91. The molecule has 1 atom stereocenters. The molecule has 5 rings (SSSR count). The maximum Gasteiger partial charge on any atom is 0.269 e. The fraction of sp³-hybridized carbons (Fsp3) is 0.250. The lowest BCUT2D eigenvalue weighted by atomic mass is 10.1. The van der Waals surface area contributed by atoms with Crippen molar-refractivity contribution in [3.8, 4) is 5.75 Å². The Hall–Kier alpha value is -2.97. The first kappa shape index (κ1) is 20.9. The smallest absolute Gasteiger partial charge is 0.269 e. The van der Waals surface area contributed by atoms with E-state index >= 15 is 0 Å². The molecule has 0 bridgehead atoms. The van der Waals surface area contributed by atoms with E-state index in [9.17, 15) is 4.79 Å². The quantitative estimate of drug-likeness (QED) is 0.564. The summed E-state index contributed by atoms with van der Waals surface area (Å²) in [6, 6.07) is 18.5. The lowest BCUT2D eigenvalue weighted by molar-refractivity contribution is 0.0629. The largest absolute Gasteiger partial charge is 0.497 e. The summed E-state index contributed by atoms with van der Waals surface area (Å²) in [6.07, 6.45) is 0.671. The van der Waals surface area contributed by atoms with Crippen LogP contribution in [-0.2, 0) is 18.7 Å². The van der Waals surface area contributed by atoms with Crippen molar-refractivity contribution in [1.29, 1.82) is 0 Å². The molecule has 1 amide bonds. The molecular weight excluding hydrogens is 440 g/mol. The van der Waals surface area contributed by atoms with Crippen molar-refractivity contribution in [3.05, 3.63) is 81.5 Å². The minimum Gasteiger partial charge on any atom is -0.497 e. The third-order valence-electron chi connectivity index (χ3n) is 5.67. The molecule has 1 unspecified atom stereocenters. The maximum absolute atomic E-state index is 13.3. The number of methoxy groups -OCH3 is 1. The SMILES string of the molecule is CCc1ccc(CN2C(=O)c3sccc3N3C(SCc4cccc(OC)c4)=NNC23)cc1. The van der Waals surface area contributed by atoms with Crippen molar-refractivity contribution in [1.82, 2.24) is 10.3 Å². The molecular formula is C24H24N4O2S2. The molecule has 3 heterocycles. The number of aryl methyl sites for hydroxylation is 1. The molecule has 0 aliphatic carbocycles. The first-order valence-electron chi connectivity index (χ1n) is 10.5. The summed E-state index contributed by atoms with van der Waals surface area (Å²) in [4.78, 5) is 18.1. The predicted molar refractivity (Wildman–Crippen MR) is 131 cm³/mol. The van der Waals surface area contributed by atoms with E-state index < -0.39 is 0 Å². The molecule has 1 N–H and O–H groups in total. The maximum atomic E-state index is 13.3. The minimum absolute atomic E-state index is 0.0394. The van der Waals surface area contributed by atoms with E-state index in [-0.39, 0.29) is 12.2 Å². The van der Waals surface area contributed by atoms with E-state index in [1.165, 1.54) is 16.9 Å². The van der Waals surface area contributed by atoms with E-state index in [1.54, 1.807) is 18.9 Å². The highest BCUT2D eigenvalue weighted by Crippen LogP contribution is 2.39. The number of anilines is 1. The molecule has 0 fully saturated rings. The van der Waals surface area contributed by atoms with Crippen molar-refractivity contribution in [2.24, 2.45) is 5.10 Å². The predicted octanol–water partition coefficient (Wildman–Crippen LogP) is 4.87. The highest BCUT2D eigenvalue weighted by molar-refractivity contribution is 8.13. The van der Waals surface area contributed by atoms with Crippen LogP contribution in [0.5, 0.6) is 5.75 Å². The van der Waals surface area contributed by atoms with Gasteiger partial charge in [-0.05, 0) is 46.7 Å². The Morgan fingerprint density at radius 2 is 1.94 bits per heavy atom. The number of amidine groups is 1. The monoisotopic (exact) mass is 464 g/mol. The Balaban J connectivity index is 1.38. The summed E-state index contributed by atoms with van der Waals surface area (Å²) in [6.45, 7) is 2.67. The van der Waals surface area contributed by atoms with Gasteiger partial charge in [0.05, 0.1) is 12.8 Å². The number of amides is 1. The van der Waals surface area contributed by atoms with Crippen LogP contribution >= 0.6 is 23.1 Å². The van der Waals surface area contributed by atoms with Crippen molar-refractivity contribution < 1.29 is 9.53 Å². The van der Waals surface area contributed by atoms with Crippen LogP contribution in [0.25, 0.3) is 0 Å². The lowest BCUT2D eigenvalue weighted by Crippen LogP contribution is -2.57. The molecule has 0 radical (unpaired) electrons. The summed E-state index contributed by atoms with van der Waals surface area (Å²) < 4.78 is 5.34. The van der Waals surface area contributed by atoms with Gasteiger partial charge in [-0.1, -0.05) is 55.1 Å². The standard InChI is InChI=1S/C24H24N4O2S2/c1-3-16-7-9-17(10-8-16)14-27-22(29)21-20(11-12-31-21)28-23(27)25-26-24(28)32-15-18-5-4-6-19(13-18)30-2/h4-13,23,25H,3,14-15H2,1-2H3. The molecule has 0 saturated carbocycles. The second-order valence-electron chi connectivity index (χ2n) is 7.65. The van der Waals surface area contributed by atoms with Gasteiger partial charge in [-0.2, -0.15) is 5.10 Å². The van der Waals surface area contributed by atoms with Gasteiger partial charge in [0.2, 0.25) is 6.29 Å². The number of nitrogens with one attached hydrogen (secondary N) is 1. The van der Waals surface area contributed by atoms with Gasteiger partial charge in [0, 0.05) is 12.3 Å². The molecule has 2 aromatic carbocycles. The van der Waals surface area contributed by atoms with Gasteiger partial charge in [0.25, 0.3) is 5.91 Å². The van der Waals surface area contributed by atoms with Crippen LogP contribution in [0, 0.1) is 0 Å². The highest BCUT2D eigenvalue weighted by Gasteiger charge is 2.43. The van der Waals surface area contributed by atoms with Crippen LogP contribution < -0.4 is 15.1 Å². The number of hydrogen-bond acceptors (Lipinski definition) is 7. The Morgan fingerprint density at radius 3 is 2.72 bits per heavy atom. The van der Waals surface area contributed by atoms with Crippen LogP contribution in [-0.4, -0.2) is 29.4 Å². The number of thiophene rings is 1. The van der Waals surface area contributed by atoms with Gasteiger partial charge in [0.15, 0.2) is 5.17 Å². The average Bonchev–Trinajstić information content (AvgIpc) is 3.48. The van der Waals surface area contributed by atoms with E-state index in [0.717, 1.165) is 44.8 Å². The van der Waals surface area contributed by atoms with Gasteiger partial charge in [-0.15, -0.1) is 11.3 Å². The number of carbonyl (C=O) groups excluding carboxylic acids is 1. The number of nitrogens with zero attached hydrogens (tertiary/aromatic N) is 3. The zero-order valence-corrected chi connectivity index (χ0v) is 19.6. The summed E-state index contributed by atoms with van der Waals surface area (Å²) in [5.74, 6) is 1.64. The van der Waals surface area contributed by atoms with Gasteiger partial charge >= 0.3 is 0 Å². The zero-order valence-electron chi connectivity index (χ0n) is 17.9. The highest BCUT2D eigenvalue weighted by atomic mass is 32.2. The third kappa shape index (κ3) is 3.84. The third-order valence-corrected chi connectivity index (χ3v) is 7.58. The van der Waals surface area contributed by atoms with Crippen LogP contribution in [0.1, 0.15) is 33.3 Å². The Labute approximate surface area is 195 Å². The van der Waals surface area contributed by atoms with Crippen LogP contribution in [0.2, 0.25) is 0 Å². The molecule has 0 saturated heterocycles. The van der Waals surface area contributed by atoms with Gasteiger partial charge in [-0.3, -0.25) is 20.0 Å². The molecule has 2 aliphatic heterocycles. The molecule has 2 aliphatic rings. The number of rotatable bonds is 6. The average molecular weight is 465 g/mol. The summed E-state index contributed by atoms with van der Waals surface area (Å²) >= 11 is 3.13. The van der Waals surface area contributed by atoms with Gasteiger partial charge in [0.1, 0.15) is 10.6 Å². The molecule has 3 aromatic rings. The number of fused-ring (bicyclic) bond motifs is 3. The molecule has 164 valence electrons. The molecule has 8 heteroatoms. The number of thioether (sulfide) groups is 1. The van der Waals surface area contributed by atoms with Gasteiger partial charge < -0.3 is 4.74 Å². The summed E-state index contributed by atoms with van der Waals surface area (Å²) in [7, 11) is 1.68. The lowest BCUT2D eigenvalue weighted by Gasteiger charge is -2.39. The fourth-order valence-corrected chi connectivity index (χ4v) is 5.68. The van der Waals surface area contributed by atoms with E-state index in [4.69, 9.17) is 4.74 Å². The zero-order chi connectivity index (χ0) is 22.1. The summed E-state index contributed by atoms with van der Waals surface area (Å²) in [5.41, 5.74) is 7.68. The second-order valence-corrected chi connectivity index (χ2v) is 9.50. The van der Waals surface area contributed by atoms with Crippen LogP contribution in [0.4, 0.5) is 5.69 Å². The Bertz CT molecular complexity index is 1160. The number of hydrogen-bond donors (Lipinski definition) is 1. The molecule has 32 heavy (non-hydrogen) atoms. The van der Waals surface area contributed by atoms with Crippen molar-refractivity contribution in [2.45, 2.75) is 31.9 Å². The number of ether oxygens (including phenoxy) is 1. The van der Waals surface area contributed by atoms with Gasteiger partial charge in [-0.25, -0.2) is 0 Å². The van der Waals surface area contributed by atoms with E-state index in [2.05, 4.69) is 52.7 Å².